The van der Waals surface area contributed by atoms with Crippen molar-refractivity contribution in [2.24, 2.45) is 0 Å². The molecule has 6 heteroatoms. The number of thiophene rings is 1. The summed E-state index contributed by atoms with van der Waals surface area (Å²) in [6, 6.07) is 3.68. The Balaban J connectivity index is 2.26. The molecule has 0 aromatic carbocycles. The molecule has 2 N–H and O–H groups in total. The maximum atomic E-state index is 12.0. The quantitative estimate of drug-likeness (QED) is 0.714. The number of hydrogen-bond acceptors (Lipinski definition) is 4. The van der Waals surface area contributed by atoms with E-state index >= 15 is 0 Å². The Bertz CT molecular complexity index is 418. The van der Waals surface area contributed by atoms with Crippen molar-refractivity contribution in [3.8, 4) is 0 Å². The van der Waals surface area contributed by atoms with Crippen LogP contribution in [0.4, 0.5) is 0 Å². The van der Waals surface area contributed by atoms with Crippen molar-refractivity contribution in [3.63, 3.8) is 0 Å². The molecule has 112 valence electrons. The highest BCUT2D eigenvalue weighted by molar-refractivity contribution is 7.12. The van der Waals surface area contributed by atoms with Gasteiger partial charge in [0.25, 0.3) is 5.91 Å². The van der Waals surface area contributed by atoms with Crippen LogP contribution in [0.15, 0.2) is 17.5 Å². The number of amides is 2. The molecule has 0 fully saturated rings. The lowest BCUT2D eigenvalue weighted by Gasteiger charge is -2.26. The normalized spacial score (nSPS) is 10.6. The van der Waals surface area contributed by atoms with Gasteiger partial charge in [-0.1, -0.05) is 6.07 Å². The van der Waals surface area contributed by atoms with Gasteiger partial charge >= 0.3 is 0 Å². The van der Waals surface area contributed by atoms with Crippen LogP contribution in [0.5, 0.6) is 0 Å². The zero-order valence-electron chi connectivity index (χ0n) is 12.0. The molecule has 0 radical (unpaired) electrons. The van der Waals surface area contributed by atoms with E-state index in [4.69, 9.17) is 5.11 Å². The molecular weight excluding hydrogens is 276 g/mol. The van der Waals surface area contributed by atoms with Crippen molar-refractivity contribution in [2.75, 3.05) is 19.7 Å². The number of hydrogen-bond donors (Lipinski definition) is 2. The number of nitrogens with one attached hydrogen (secondary N) is 1. The number of nitrogens with zero attached hydrogens (tertiary/aromatic N) is 1. The van der Waals surface area contributed by atoms with Crippen molar-refractivity contribution < 1.29 is 14.7 Å². The Morgan fingerprint density at radius 2 is 2.20 bits per heavy atom. The van der Waals surface area contributed by atoms with Gasteiger partial charge in [-0.25, -0.2) is 0 Å². The number of rotatable bonds is 8. The van der Waals surface area contributed by atoms with Gasteiger partial charge in [-0.15, -0.1) is 11.3 Å². The van der Waals surface area contributed by atoms with Gasteiger partial charge in [0.05, 0.1) is 11.5 Å². The summed E-state index contributed by atoms with van der Waals surface area (Å²) in [7, 11) is 0. The minimum absolute atomic E-state index is 0.0134. The summed E-state index contributed by atoms with van der Waals surface area (Å²) in [5.74, 6) is -0.0806. The molecule has 0 unspecified atom stereocenters. The van der Waals surface area contributed by atoms with E-state index < -0.39 is 0 Å². The van der Waals surface area contributed by atoms with Crippen LogP contribution >= 0.6 is 11.3 Å². The molecule has 0 aliphatic carbocycles. The van der Waals surface area contributed by atoms with Crippen molar-refractivity contribution >= 4 is 23.2 Å². The average Bonchev–Trinajstić information content (AvgIpc) is 2.94. The number of carbonyl (C=O) groups is 2. The van der Waals surface area contributed by atoms with Crippen LogP contribution in [0, 0.1) is 0 Å². The monoisotopic (exact) mass is 298 g/mol. The Labute approximate surface area is 123 Å². The van der Waals surface area contributed by atoms with E-state index in [0.29, 0.717) is 30.8 Å². The molecule has 1 aromatic rings. The van der Waals surface area contributed by atoms with E-state index in [2.05, 4.69) is 5.32 Å². The molecule has 1 aromatic heterocycles. The van der Waals surface area contributed by atoms with Crippen LogP contribution < -0.4 is 5.32 Å². The van der Waals surface area contributed by atoms with E-state index in [1.165, 1.54) is 11.3 Å². The Morgan fingerprint density at radius 1 is 1.45 bits per heavy atom. The fourth-order valence-corrected chi connectivity index (χ4v) is 2.50. The SMILES string of the molecule is CC(C)N(CCO)C(=O)CCCNC(=O)c1cccs1. The average molecular weight is 298 g/mol. The third kappa shape index (κ3) is 5.30. The molecule has 2 amide bonds. The topological polar surface area (TPSA) is 69.6 Å². The zero-order chi connectivity index (χ0) is 15.0. The fraction of sp³-hybridized carbons (Fsp3) is 0.571. The second-order valence-electron chi connectivity index (χ2n) is 4.74. The standard InChI is InChI=1S/C14H22N2O3S/c1-11(2)16(8-9-17)13(18)6-3-7-15-14(19)12-5-4-10-20-12/h4-5,10-11,17H,3,6-9H2,1-2H3,(H,15,19). The van der Waals surface area contributed by atoms with E-state index in [1.807, 2.05) is 25.3 Å². The number of aliphatic hydroxyl groups excluding tert-OH is 1. The summed E-state index contributed by atoms with van der Waals surface area (Å²) >= 11 is 1.40. The minimum Gasteiger partial charge on any atom is -0.395 e. The predicted molar refractivity (Wildman–Crippen MR) is 79.8 cm³/mol. The zero-order valence-corrected chi connectivity index (χ0v) is 12.8. The van der Waals surface area contributed by atoms with E-state index in [9.17, 15) is 9.59 Å². The summed E-state index contributed by atoms with van der Waals surface area (Å²) in [5.41, 5.74) is 0. The van der Waals surface area contributed by atoms with Gasteiger partial charge in [0.2, 0.25) is 5.91 Å². The van der Waals surface area contributed by atoms with Crippen LogP contribution in [0.2, 0.25) is 0 Å². The largest absolute Gasteiger partial charge is 0.395 e. The van der Waals surface area contributed by atoms with Gasteiger partial charge in [-0.2, -0.15) is 0 Å². The molecular formula is C14H22N2O3S. The van der Waals surface area contributed by atoms with Crippen molar-refractivity contribution in [3.05, 3.63) is 22.4 Å². The molecule has 0 aliphatic rings. The highest BCUT2D eigenvalue weighted by Gasteiger charge is 2.15. The first-order valence-electron chi connectivity index (χ1n) is 6.78. The fourth-order valence-electron chi connectivity index (χ4n) is 1.86. The third-order valence-corrected chi connectivity index (χ3v) is 3.75. The lowest BCUT2D eigenvalue weighted by molar-refractivity contribution is -0.133. The molecule has 0 saturated carbocycles. The minimum atomic E-state index is -0.0940. The molecule has 0 bridgehead atoms. The molecule has 0 spiro atoms. The lowest BCUT2D eigenvalue weighted by Crippen LogP contribution is -2.39. The molecule has 1 heterocycles. The maximum Gasteiger partial charge on any atom is 0.261 e. The maximum absolute atomic E-state index is 12.0. The van der Waals surface area contributed by atoms with Gasteiger partial charge in [0.1, 0.15) is 0 Å². The van der Waals surface area contributed by atoms with Crippen LogP contribution in [0.3, 0.4) is 0 Å². The molecule has 0 aliphatic heterocycles. The van der Waals surface area contributed by atoms with Gasteiger partial charge in [-0.3, -0.25) is 9.59 Å². The van der Waals surface area contributed by atoms with Gasteiger partial charge in [-0.05, 0) is 31.7 Å². The summed E-state index contributed by atoms with van der Waals surface area (Å²) in [4.78, 5) is 26.0. The third-order valence-electron chi connectivity index (χ3n) is 2.88. The summed E-state index contributed by atoms with van der Waals surface area (Å²) in [6.07, 6.45) is 0.980. The van der Waals surface area contributed by atoms with E-state index in [0.717, 1.165) is 0 Å². The number of carbonyl (C=O) groups excluding carboxylic acids is 2. The van der Waals surface area contributed by atoms with Crippen LogP contribution in [-0.4, -0.2) is 47.6 Å². The van der Waals surface area contributed by atoms with E-state index in [1.54, 1.807) is 11.0 Å². The van der Waals surface area contributed by atoms with Crippen LogP contribution in [-0.2, 0) is 4.79 Å². The van der Waals surface area contributed by atoms with Crippen molar-refractivity contribution in [1.82, 2.24) is 10.2 Å². The Kier molecular flexibility index (Phi) is 7.25. The summed E-state index contributed by atoms with van der Waals surface area (Å²) < 4.78 is 0. The van der Waals surface area contributed by atoms with E-state index in [-0.39, 0.29) is 24.5 Å². The van der Waals surface area contributed by atoms with Crippen LogP contribution in [0.25, 0.3) is 0 Å². The Morgan fingerprint density at radius 3 is 2.75 bits per heavy atom. The molecule has 20 heavy (non-hydrogen) atoms. The van der Waals surface area contributed by atoms with Gasteiger partial charge in [0, 0.05) is 25.6 Å². The Hall–Kier alpha value is -1.40. The lowest BCUT2D eigenvalue weighted by atomic mass is 10.2. The summed E-state index contributed by atoms with van der Waals surface area (Å²) in [5, 5.41) is 13.6. The first-order valence-corrected chi connectivity index (χ1v) is 7.66. The van der Waals surface area contributed by atoms with Crippen molar-refractivity contribution in [1.29, 1.82) is 0 Å². The second-order valence-corrected chi connectivity index (χ2v) is 5.69. The first-order chi connectivity index (χ1) is 9.56. The predicted octanol–water partition coefficient (Wildman–Crippen LogP) is 1.49. The first kappa shape index (κ1) is 16.7. The van der Waals surface area contributed by atoms with Gasteiger partial charge in [0.15, 0.2) is 0 Å². The highest BCUT2D eigenvalue weighted by Crippen LogP contribution is 2.08. The van der Waals surface area contributed by atoms with Gasteiger partial charge < -0.3 is 15.3 Å². The molecule has 5 nitrogen and oxygen atoms in total. The highest BCUT2D eigenvalue weighted by atomic mass is 32.1. The molecule has 0 saturated heterocycles. The number of aliphatic hydroxyl groups is 1. The smallest absolute Gasteiger partial charge is 0.261 e. The summed E-state index contributed by atoms with van der Waals surface area (Å²) in [6.45, 7) is 4.66. The van der Waals surface area contributed by atoms with Crippen LogP contribution in [0.1, 0.15) is 36.4 Å². The molecule has 1 rings (SSSR count). The second kappa shape index (κ2) is 8.71. The van der Waals surface area contributed by atoms with Crippen molar-refractivity contribution in [2.45, 2.75) is 32.7 Å². The molecule has 0 atom stereocenters.